The van der Waals surface area contributed by atoms with Gasteiger partial charge in [-0.25, -0.2) is 14.8 Å². The molecule has 0 bridgehead atoms. The molecule has 0 aliphatic rings. The van der Waals surface area contributed by atoms with Crippen LogP contribution in [0.1, 0.15) is 12.5 Å². The van der Waals surface area contributed by atoms with E-state index in [-0.39, 0.29) is 0 Å². The first-order valence-corrected chi connectivity index (χ1v) is 10.7. The van der Waals surface area contributed by atoms with Crippen molar-refractivity contribution in [1.82, 2.24) is 28.7 Å². The highest BCUT2D eigenvalue weighted by Gasteiger charge is 2.21. The van der Waals surface area contributed by atoms with Gasteiger partial charge in [0.1, 0.15) is 0 Å². The molecule has 0 atom stereocenters. The van der Waals surface area contributed by atoms with Crippen molar-refractivity contribution in [3.05, 3.63) is 81.0 Å². The van der Waals surface area contributed by atoms with E-state index in [4.69, 9.17) is 4.98 Å². The molecule has 0 unspecified atom stereocenters. The van der Waals surface area contributed by atoms with Crippen molar-refractivity contribution in [3.63, 3.8) is 0 Å². The molecule has 31 heavy (non-hydrogen) atoms. The molecule has 3 heterocycles. The Hall–Kier alpha value is -3.59. The Labute approximate surface area is 181 Å². The molecule has 0 fully saturated rings. The van der Waals surface area contributed by atoms with E-state index in [1.165, 1.54) is 16.3 Å². The molecule has 1 N–H and O–H groups in total. The van der Waals surface area contributed by atoms with Gasteiger partial charge in [-0.15, -0.1) is 0 Å². The van der Waals surface area contributed by atoms with Crippen LogP contribution in [0.5, 0.6) is 0 Å². The number of hydrogen-bond acceptors (Lipinski definition) is 5. The number of aromatic nitrogens is 6. The highest BCUT2D eigenvalue weighted by Crippen LogP contribution is 2.31. The zero-order chi connectivity index (χ0) is 21.5. The second kappa shape index (κ2) is 7.59. The van der Waals surface area contributed by atoms with Crippen molar-refractivity contribution in [2.24, 2.45) is 7.05 Å². The number of fused-ring (bicyclic) bond motifs is 2. The molecule has 0 aliphatic carbocycles. The molecule has 0 saturated carbocycles. The summed E-state index contributed by atoms with van der Waals surface area (Å²) in [6.07, 6.45) is 0. The van der Waals surface area contributed by atoms with Crippen molar-refractivity contribution in [1.29, 1.82) is 0 Å². The topological polar surface area (TPSA) is 90.5 Å². The minimum absolute atomic E-state index is 0.353. The van der Waals surface area contributed by atoms with E-state index in [1.54, 1.807) is 7.05 Å². The lowest BCUT2D eigenvalue weighted by Crippen LogP contribution is -2.29. The van der Waals surface area contributed by atoms with Gasteiger partial charge in [0.05, 0.1) is 17.6 Å². The molecule has 5 rings (SSSR count). The van der Waals surface area contributed by atoms with E-state index in [0.717, 1.165) is 28.3 Å². The molecule has 3 aromatic heterocycles. The number of aryl methyl sites for hydroxylation is 2. The van der Waals surface area contributed by atoms with Crippen molar-refractivity contribution in [3.8, 4) is 0 Å². The number of nitrogens with one attached hydrogen (secondary N) is 1. The Balaban J connectivity index is 1.72. The van der Waals surface area contributed by atoms with Gasteiger partial charge in [-0.3, -0.25) is 14.3 Å². The molecular weight excluding hydrogens is 412 g/mol. The third kappa shape index (κ3) is 3.27. The Morgan fingerprint density at radius 2 is 1.65 bits per heavy atom. The maximum Gasteiger partial charge on any atom is 0.329 e. The number of para-hydroxylation sites is 2. The second-order valence-corrected chi connectivity index (χ2v) is 8.12. The lowest BCUT2D eigenvalue weighted by Gasteiger charge is -2.09. The fraction of sp³-hybridized carbons (Fsp3) is 0.182. The van der Waals surface area contributed by atoms with Gasteiger partial charge < -0.3 is 9.13 Å². The lowest BCUT2D eigenvalue weighted by molar-refractivity contribution is 0.690. The van der Waals surface area contributed by atoms with E-state index in [1.807, 2.05) is 59.2 Å². The average Bonchev–Trinajstić information content (AvgIpc) is 3.31. The van der Waals surface area contributed by atoms with Crippen LogP contribution in [-0.4, -0.2) is 28.7 Å². The first-order chi connectivity index (χ1) is 15.1. The van der Waals surface area contributed by atoms with Gasteiger partial charge in [-0.05, 0) is 36.4 Å². The molecule has 0 aliphatic heterocycles. The minimum Gasteiger partial charge on any atom is -0.319 e. The van der Waals surface area contributed by atoms with Crippen LogP contribution in [0.3, 0.4) is 0 Å². The summed E-state index contributed by atoms with van der Waals surface area (Å²) in [6.45, 7) is 3.27. The molecule has 2 aromatic carbocycles. The fourth-order valence-electron chi connectivity index (χ4n) is 3.72. The number of aromatic amines is 1. The quantitative estimate of drug-likeness (QED) is 0.461. The average molecular weight is 433 g/mol. The number of rotatable bonds is 5. The van der Waals surface area contributed by atoms with E-state index >= 15 is 0 Å². The smallest absolute Gasteiger partial charge is 0.319 e. The van der Waals surface area contributed by atoms with E-state index in [9.17, 15) is 9.59 Å². The lowest BCUT2D eigenvalue weighted by atomic mass is 10.2. The SMILES string of the molecule is CCn1c(Sc2nc3c(c(=O)[nH]c(=O)n3C)n2Cc2ccccc2)nc2ccccc21. The van der Waals surface area contributed by atoms with Crippen LogP contribution in [-0.2, 0) is 20.1 Å². The van der Waals surface area contributed by atoms with Gasteiger partial charge in [0.15, 0.2) is 21.5 Å². The van der Waals surface area contributed by atoms with Crippen molar-refractivity contribution >= 4 is 34.0 Å². The van der Waals surface area contributed by atoms with E-state index in [2.05, 4.69) is 21.5 Å². The monoisotopic (exact) mass is 432 g/mol. The second-order valence-electron chi connectivity index (χ2n) is 7.19. The van der Waals surface area contributed by atoms with Gasteiger partial charge in [-0.1, -0.05) is 42.5 Å². The molecule has 0 amide bonds. The molecule has 0 saturated heterocycles. The zero-order valence-corrected chi connectivity index (χ0v) is 17.9. The minimum atomic E-state index is -0.487. The number of H-pyrrole nitrogens is 1. The molecule has 5 aromatic rings. The van der Waals surface area contributed by atoms with Crippen LogP contribution in [0, 0.1) is 0 Å². The number of benzene rings is 2. The van der Waals surface area contributed by atoms with Crippen LogP contribution >= 0.6 is 11.8 Å². The Kier molecular flexibility index (Phi) is 4.74. The van der Waals surface area contributed by atoms with Crippen LogP contribution in [0.25, 0.3) is 22.2 Å². The first-order valence-electron chi connectivity index (χ1n) is 9.93. The maximum atomic E-state index is 12.7. The third-order valence-corrected chi connectivity index (χ3v) is 6.26. The van der Waals surface area contributed by atoms with Crippen LogP contribution in [0.2, 0.25) is 0 Å². The van der Waals surface area contributed by atoms with Gasteiger partial charge in [0, 0.05) is 13.6 Å². The molecular formula is C22H20N6O2S. The molecule has 0 radical (unpaired) electrons. The summed E-state index contributed by atoms with van der Waals surface area (Å²) >= 11 is 1.39. The summed E-state index contributed by atoms with van der Waals surface area (Å²) in [5.41, 5.74) is 2.77. The predicted octanol–water partition coefficient (Wildman–Crippen LogP) is 2.99. The standard InChI is InChI=1S/C22H20N6O2S/c1-3-27-16-12-8-7-11-15(16)23-21(27)31-22-24-18-17(19(29)25-20(30)26(18)2)28(22)13-14-9-5-4-6-10-14/h4-12H,3,13H2,1-2H3,(H,25,29,30). The molecule has 0 spiro atoms. The number of imidazole rings is 2. The summed E-state index contributed by atoms with van der Waals surface area (Å²) < 4.78 is 5.34. The third-order valence-electron chi connectivity index (χ3n) is 5.27. The van der Waals surface area contributed by atoms with E-state index in [0.29, 0.717) is 22.9 Å². The van der Waals surface area contributed by atoms with Crippen LogP contribution in [0.15, 0.2) is 74.5 Å². The van der Waals surface area contributed by atoms with Crippen molar-refractivity contribution in [2.45, 2.75) is 30.3 Å². The maximum absolute atomic E-state index is 12.7. The first kappa shape index (κ1) is 19.4. The van der Waals surface area contributed by atoms with Gasteiger partial charge in [-0.2, -0.15) is 0 Å². The summed E-state index contributed by atoms with van der Waals surface area (Å²) in [6, 6.07) is 17.8. The Morgan fingerprint density at radius 3 is 2.42 bits per heavy atom. The zero-order valence-electron chi connectivity index (χ0n) is 17.1. The normalized spacial score (nSPS) is 11.5. The fourth-order valence-corrected chi connectivity index (χ4v) is 4.77. The Bertz CT molecular complexity index is 1530. The van der Waals surface area contributed by atoms with Gasteiger partial charge in [0.2, 0.25) is 0 Å². The van der Waals surface area contributed by atoms with Crippen molar-refractivity contribution in [2.75, 3.05) is 0 Å². The number of hydrogen-bond donors (Lipinski definition) is 1. The van der Waals surface area contributed by atoms with Crippen LogP contribution < -0.4 is 11.2 Å². The summed E-state index contributed by atoms with van der Waals surface area (Å²) in [5, 5.41) is 1.39. The summed E-state index contributed by atoms with van der Waals surface area (Å²) in [5.74, 6) is 0. The van der Waals surface area contributed by atoms with Crippen LogP contribution in [0.4, 0.5) is 0 Å². The number of nitrogens with zero attached hydrogens (tertiary/aromatic N) is 5. The highest BCUT2D eigenvalue weighted by molar-refractivity contribution is 7.99. The largest absolute Gasteiger partial charge is 0.329 e. The summed E-state index contributed by atoms with van der Waals surface area (Å²) in [7, 11) is 1.61. The highest BCUT2D eigenvalue weighted by atomic mass is 32.2. The van der Waals surface area contributed by atoms with E-state index < -0.39 is 11.2 Å². The van der Waals surface area contributed by atoms with Gasteiger partial charge >= 0.3 is 5.69 Å². The molecule has 8 nitrogen and oxygen atoms in total. The van der Waals surface area contributed by atoms with Crippen molar-refractivity contribution < 1.29 is 0 Å². The molecule has 156 valence electrons. The predicted molar refractivity (Wildman–Crippen MR) is 121 cm³/mol. The molecule has 9 heteroatoms. The Morgan fingerprint density at radius 1 is 0.935 bits per heavy atom. The summed E-state index contributed by atoms with van der Waals surface area (Å²) in [4.78, 5) is 36.7. The van der Waals surface area contributed by atoms with Gasteiger partial charge in [0.25, 0.3) is 5.56 Å².